The predicted molar refractivity (Wildman–Crippen MR) is 113 cm³/mol. The second-order valence-electron chi connectivity index (χ2n) is 6.05. The number of guanidine groups is 1. The van der Waals surface area contributed by atoms with Crippen molar-refractivity contribution in [3.05, 3.63) is 12.7 Å². The zero-order valence-electron chi connectivity index (χ0n) is 15.0. The summed E-state index contributed by atoms with van der Waals surface area (Å²) in [5.41, 5.74) is 0. The highest BCUT2D eigenvalue weighted by atomic mass is 127. The highest BCUT2D eigenvalue weighted by molar-refractivity contribution is 14.0. The van der Waals surface area contributed by atoms with Gasteiger partial charge in [-0.2, -0.15) is 0 Å². The lowest BCUT2D eigenvalue weighted by Crippen LogP contribution is -2.40. The Kier molecular flexibility index (Phi) is 12.7. The van der Waals surface area contributed by atoms with Crippen LogP contribution in [0.5, 0.6) is 0 Å². The molecule has 0 atom stereocenters. The van der Waals surface area contributed by atoms with Crippen molar-refractivity contribution in [3.8, 4) is 0 Å². The summed E-state index contributed by atoms with van der Waals surface area (Å²) in [6, 6.07) is 0. The second kappa shape index (κ2) is 12.9. The summed E-state index contributed by atoms with van der Waals surface area (Å²) in [4.78, 5) is 6.45. The molecule has 8 heteroatoms. The van der Waals surface area contributed by atoms with E-state index in [9.17, 15) is 8.42 Å². The van der Waals surface area contributed by atoms with Gasteiger partial charge >= 0.3 is 0 Å². The number of hydrogen-bond donors (Lipinski definition) is 2. The van der Waals surface area contributed by atoms with Crippen molar-refractivity contribution in [2.75, 3.05) is 39.0 Å². The summed E-state index contributed by atoms with van der Waals surface area (Å²) in [6.45, 7) is 8.20. The van der Waals surface area contributed by atoms with E-state index >= 15 is 0 Å². The third-order valence-electron chi connectivity index (χ3n) is 4.04. The van der Waals surface area contributed by atoms with Crippen LogP contribution in [-0.2, 0) is 10.0 Å². The number of rotatable bonds is 11. The molecule has 142 valence electrons. The molecule has 0 aliphatic heterocycles. The van der Waals surface area contributed by atoms with E-state index in [1.165, 1.54) is 6.42 Å². The lowest BCUT2D eigenvalue weighted by Gasteiger charge is -2.25. The number of nitrogens with one attached hydrogen (secondary N) is 2. The van der Waals surface area contributed by atoms with E-state index in [2.05, 4.69) is 21.6 Å². The average molecular weight is 472 g/mol. The monoisotopic (exact) mass is 472 g/mol. The normalized spacial score (nSPS) is 15.3. The molecule has 2 N–H and O–H groups in total. The molecule has 1 rings (SSSR count). The van der Waals surface area contributed by atoms with Crippen molar-refractivity contribution in [1.29, 1.82) is 0 Å². The largest absolute Gasteiger partial charge is 0.357 e. The number of allylic oxidation sites excluding steroid dienone is 1. The fourth-order valence-electron chi connectivity index (χ4n) is 2.33. The van der Waals surface area contributed by atoms with Crippen LogP contribution in [0.15, 0.2) is 17.6 Å². The summed E-state index contributed by atoms with van der Waals surface area (Å²) in [6.07, 6.45) is 7.37. The molecule has 1 saturated carbocycles. The van der Waals surface area contributed by atoms with Crippen molar-refractivity contribution in [3.63, 3.8) is 0 Å². The zero-order chi connectivity index (χ0) is 17.1. The van der Waals surface area contributed by atoms with Crippen molar-refractivity contribution < 1.29 is 8.42 Å². The Morgan fingerprint density at radius 1 is 1.42 bits per heavy atom. The average Bonchev–Trinajstić information content (AvgIpc) is 2.44. The molecule has 0 heterocycles. The van der Waals surface area contributed by atoms with E-state index in [1.54, 1.807) is 0 Å². The van der Waals surface area contributed by atoms with Gasteiger partial charge in [0.15, 0.2) is 5.96 Å². The van der Waals surface area contributed by atoms with Crippen LogP contribution in [0.3, 0.4) is 0 Å². The fraction of sp³-hybridized carbons (Fsp3) is 0.812. The van der Waals surface area contributed by atoms with Crippen LogP contribution in [0.2, 0.25) is 0 Å². The maximum Gasteiger partial charge on any atom is 0.213 e. The van der Waals surface area contributed by atoms with Gasteiger partial charge < -0.3 is 10.2 Å². The third-order valence-corrected chi connectivity index (χ3v) is 5.36. The molecule has 24 heavy (non-hydrogen) atoms. The molecule has 1 aliphatic rings. The number of hydrogen-bond acceptors (Lipinski definition) is 3. The van der Waals surface area contributed by atoms with Crippen LogP contribution < -0.4 is 10.0 Å². The Morgan fingerprint density at radius 2 is 2.12 bits per heavy atom. The Morgan fingerprint density at radius 3 is 2.67 bits per heavy atom. The SMILES string of the molecule is C=CCCCN(C)C(=NCCS(=O)(=O)NCC1CCC1)NCC.I. The minimum atomic E-state index is -3.23. The van der Waals surface area contributed by atoms with Crippen molar-refractivity contribution in [2.24, 2.45) is 10.9 Å². The number of nitrogens with zero attached hydrogens (tertiary/aromatic N) is 2. The minimum absolute atomic E-state index is 0. The van der Waals surface area contributed by atoms with Crippen LogP contribution >= 0.6 is 24.0 Å². The van der Waals surface area contributed by atoms with Gasteiger partial charge in [0.1, 0.15) is 0 Å². The van der Waals surface area contributed by atoms with Gasteiger partial charge in [0.05, 0.1) is 12.3 Å². The van der Waals surface area contributed by atoms with Crippen LogP contribution in [0, 0.1) is 5.92 Å². The van der Waals surface area contributed by atoms with Crippen LogP contribution in [-0.4, -0.2) is 58.3 Å². The predicted octanol–water partition coefficient (Wildman–Crippen LogP) is 2.19. The molecule has 0 spiro atoms. The fourth-order valence-corrected chi connectivity index (χ4v) is 3.30. The van der Waals surface area contributed by atoms with Gasteiger partial charge in [-0.05, 0) is 38.5 Å². The summed E-state index contributed by atoms with van der Waals surface area (Å²) >= 11 is 0. The molecule has 0 unspecified atom stereocenters. The molecule has 0 aromatic carbocycles. The lowest BCUT2D eigenvalue weighted by atomic mass is 9.86. The number of unbranched alkanes of at least 4 members (excludes halogenated alkanes) is 1. The first-order valence-corrected chi connectivity index (χ1v) is 10.2. The van der Waals surface area contributed by atoms with Gasteiger partial charge in [0.2, 0.25) is 10.0 Å². The van der Waals surface area contributed by atoms with E-state index in [4.69, 9.17) is 0 Å². The van der Waals surface area contributed by atoms with Crippen LogP contribution in [0.1, 0.15) is 39.0 Å². The highest BCUT2D eigenvalue weighted by Gasteiger charge is 2.20. The molecule has 0 saturated heterocycles. The molecule has 6 nitrogen and oxygen atoms in total. The number of aliphatic imine (C=N–C) groups is 1. The van der Waals surface area contributed by atoms with Gasteiger partial charge in [-0.3, -0.25) is 4.99 Å². The van der Waals surface area contributed by atoms with E-state index in [0.717, 1.165) is 44.7 Å². The van der Waals surface area contributed by atoms with E-state index in [1.807, 2.05) is 24.9 Å². The van der Waals surface area contributed by atoms with E-state index in [0.29, 0.717) is 12.5 Å². The summed E-state index contributed by atoms with van der Waals surface area (Å²) in [5.74, 6) is 1.32. The van der Waals surface area contributed by atoms with Gasteiger partial charge in [-0.15, -0.1) is 30.6 Å². The topological polar surface area (TPSA) is 73.8 Å². The molecule has 0 aromatic heterocycles. The Labute approximate surface area is 164 Å². The van der Waals surface area contributed by atoms with E-state index < -0.39 is 10.0 Å². The van der Waals surface area contributed by atoms with Gasteiger partial charge in [0.25, 0.3) is 0 Å². The second-order valence-corrected chi connectivity index (χ2v) is 7.98. The molecule has 0 amide bonds. The first-order valence-electron chi connectivity index (χ1n) is 8.56. The summed E-state index contributed by atoms with van der Waals surface area (Å²) in [7, 11) is -1.26. The first-order chi connectivity index (χ1) is 11.0. The minimum Gasteiger partial charge on any atom is -0.357 e. The van der Waals surface area contributed by atoms with Crippen molar-refractivity contribution in [2.45, 2.75) is 39.0 Å². The smallest absolute Gasteiger partial charge is 0.213 e. The lowest BCUT2D eigenvalue weighted by molar-refractivity contribution is 0.316. The van der Waals surface area contributed by atoms with E-state index in [-0.39, 0.29) is 36.3 Å². The number of sulfonamides is 1. The van der Waals surface area contributed by atoms with Crippen molar-refractivity contribution >= 4 is 40.0 Å². The quantitative estimate of drug-likeness (QED) is 0.159. The molecule has 0 bridgehead atoms. The summed E-state index contributed by atoms with van der Waals surface area (Å²) < 4.78 is 26.6. The molecular weight excluding hydrogens is 439 g/mol. The standard InChI is InChI=1S/C16H32N4O2S.HI/c1-4-6-7-12-20(3)16(17-5-2)18-11-13-23(21,22)19-14-15-9-8-10-15;/h4,15,19H,1,5-14H2,2-3H3,(H,17,18);1H. The molecule has 1 aliphatic carbocycles. The van der Waals surface area contributed by atoms with Crippen molar-refractivity contribution in [1.82, 2.24) is 14.9 Å². The summed E-state index contributed by atoms with van der Waals surface area (Å²) in [5, 5.41) is 3.20. The zero-order valence-corrected chi connectivity index (χ0v) is 18.1. The van der Waals surface area contributed by atoms with Gasteiger partial charge in [-0.1, -0.05) is 12.5 Å². The molecule has 0 radical (unpaired) electrons. The maximum atomic E-state index is 12.0. The Balaban J connectivity index is 0.00000529. The first kappa shape index (κ1) is 23.6. The third kappa shape index (κ3) is 9.83. The van der Waals surface area contributed by atoms with Crippen LogP contribution in [0.4, 0.5) is 0 Å². The molecule has 0 aromatic rings. The maximum absolute atomic E-state index is 12.0. The Bertz CT molecular complexity index is 478. The van der Waals surface area contributed by atoms with Gasteiger partial charge in [-0.25, -0.2) is 13.1 Å². The Hall–Kier alpha value is -0.350. The highest BCUT2D eigenvalue weighted by Crippen LogP contribution is 2.25. The van der Waals surface area contributed by atoms with Crippen LogP contribution in [0.25, 0.3) is 0 Å². The molecule has 1 fully saturated rings. The molecular formula is C16H33IN4O2S. The number of halogens is 1. The van der Waals surface area contributed by atoms with Gasteiger partial charge in [0, 0.05) is 26.7 Å².